The van der Waals surface area contributed by atoms with Crippen molar-refractivity contribution < 1.29 is 9.84 Å². The summed E-state index contributed by atoms with van der Waals surface area (Å²) >= 11 is 6.13. The Morgan fingerprint density at radius 1 is 1.35 bits per heavy atom. The van der Waals surface area contributed by atoms with Crippen LogP contribution in [0.1, 0.15) is 18.9 Å². The Hall–Kier alpha value is -0.570. The van der Waals surface area contributed by atoms with Gasteiger partial charge in [0.1, 0.15) is 0 Å². The van der Waals surface area contributed by atoms with Gasteiger partial charge >= 0.3 is 0 Å². The molecule has 2 atom stereocenters. The Balaban J connectivity index is 2.60. The molecule has 0 aliphatic heterocycles. The van der Waals surface area contributed by atoms with E-state index in [4.69, 9.17) is 16.3 Å². The molecule has 0 heterocycles. The summed E-state index contributed by atoms with van der Waals surface area (Å²) in [6.07, 6.45) is 1.78. The molecule has 2 unspecified atom stereocenters. The summed E-state index contributed by atoms with van der Waals surface area (Å²) in [4.78, 5) is 0. The van der Waals surface area contributed by atoms with E-state index in [2.05, 4.69) is 6.92 Å². The van der Waals surface area contributed by atoms with Gasteiger partial charge in [-0.05, 0) is 36.3 Å². The van der Waals surface area contributed by atoms with E-state index in [0.29, 0.717) is 5.92 Å². The third-order valence-electron chi connectivity index (χ3n) is 3.26. The number of aliphatic hydroxyl groups excluding tert-OH is 1. The summed E-state index contributed by atoms with van der Waals surface area (Å²) in [6, 6.07) is 7.82. The molecule has 1 aromatic rings. The molecule has 0 bridgehead atoms. The second kappa shape index (κ2) is 7.70. The first-order valence-corrected chi connectivity index (χ1v) is 6.40. The van der Waals surface area contributed by atoms with Crippen LogP contribution in [-0.4, -0.2) is 25.4 Å². The van der Waals surface area contributed by atoms with Crippen LogP contribution in [0.25, 0.3) is 0 Å². The lowest BCUT2D eigenvalue weighted by molar-refractivity contribution is 0.134. The molecule has 1 aromatic carbocycles. The highest BCUT2D eigenvalue weighted by molar-refractivity contribution is 6.31. The first-order valence-electron chi connectivity index (χ1n) is 6.02. The summed E-state index contributed by atoms with van der Waals surface area (Å²) in [5.74, 6) is 0.668. The lowest BCUT2D eigenvalue weighted by atomic mass is 9.87. The van der Waals surface area contributed by atoms with Crippen molar-refractivity contribution in [1.82, 2.24) is 0 Å². The smallest absolute Gasteiger partial charge is 0.0465 e. The van der Waals surface area contributed by atoms with Crippen molar-refractivity contribution in [3.05, 3.63) is 34.9 Å². The van der Waals surface area contributed by atoms with Gasteiger partial charge in [0.2, 0.25) is 0 Å². The lowest BCUT2D eigenvalue weighted by Gasteiger charge is -2.22. The highest BCUT2D eigenvalue weighted by atomic mass is 35.5. The van der Waals surface area contributed by atoms with E-state index >= 15 is 0 Å². The van der Waals surface area contributed by atoms with Crippen molar-refractivity contribution in [2.75, 3.05) is 20.3 Å². The molecular formula is C14H21ClO2. The zero-order valence-electron chi connectivity index (χ0n) is 10.5. The van der Waals surface area contributed by atoms with E-state index in [9.17, 15) is 5.11 Å². The summed E-state index contributed by atoms with van der Waals surface area (Å²) in [5.41, 5.74) is 1.11. The quantitative estimate of drug-likeness (QED) is 0.812. The van der Waals surface area contributed by atoms with E-state index in [0.717, 1.165) is 30.0 Å². The van der Waals surface area contributed by atoms with Crippen LogP contribution in [0.5, 0.6) is 0 Å². The average Bonchev–Trinajstić information content (AvgIpc) is 2.35. The highest BCUT2D eigenvalue weighted by Gasteiger charge is 2.17. The minimum atomic E-state index is 0.191. The van der Waals surface area contributed by atoms with Crippen molar-refractivity contribution in [1.29, 1.82) is 0 Å². The molecular weight excluding hydrogens is 236 g/mol. The SMILES string of the molecule is COCCC(C)C(CO)Cc1ccccc1Cl. The molecule has 0 amide bonds. The number of ether oxygens (including phenoxy) is 1. The number of rotatable bonds is 7. The van der Waals surface area contributed by atoms with Gasteiger partial charge in [-0.1, -0.05) is 36.7 Å². The van der Waals surface area contributed by atoms with Crippen molar-refractivity contribution in [3.8, 4) is 0 Å². The average molecular weight is 257 g/mol. The number of halogens is 1. The standard InChI is InChI=1S/C14H21ClO2/c1-11(7-8-17-2)13(10-16)9-12-5-3-4-6-14(12)15/h3-6,11,13,16H,7-10H2,1-2H3. The lowest BCUT2D eigenvalue weighted by Crippen LogP contribution is -2.20. The van der Waals surface area contributed by atoms with E-state index in [1.54, 1.807) is 7.11 Å². The zero-order valence-corrected chi connectivity index (χ0v) is 11.3. The Morgan fingerprint density at radius 3 is 2.65 bits per heavy atom. The van der Waals surface area contributed by atoms with Gasteiger partial charge in [-0.3, -0.25) is 0 Å². The number of hydrogen-bond acceptors (Lipinski definition) is 2. The largest absolute Gasteiger partial charge is 0.396 e. The van der Waals surface area contributed by atoms with Gasteiger partial charge < -0.3 is 9.84 Å². The molecule has 0 fully saturated rings. The van der Waals surface area contributed by atoms with E-state index in [-0.39, 0.29) is 12.5 Å². The molecule has 1 N–H and O–H groups in total. The third kappa shape index (κ3) is 4.66. The number of hydrogen-bond donors (Lipinski definition) is 1. The van der Waals surface area contributed by atoms with E-state index in [1.807, 2.05) is 24.3 Å². The second-order valence-electron chi connectivity index (χ2n) is 4.50. The first-order chi connectivity index (χ1) is 8.19. The molecule has 0 spiro atoms. The first kappa shape index (κ1) is 14.5. The fourth-order valence-corrected chi connectivity index (χ4v) is 2.14. The van der Waals surface area contributed by atoms with Crippen LogP contribution in [0, 0.1) is 11.8 Å². The molecule has 0 aliphatic rings. The van der Waals surface area contributed by atoms with E-state index < -0.39 is 0 Å². The molecule has 96 valence electrons. The van der Waals surface area contributed by atoms with Crippen LogP contribution in [0.15, 0.2) is 24.3 Å². The summed E-state index contributed by atoms with van der Waals surface area (Å²) in [6.45, 7) is 3.08. The molecule has 0 aliphatic carbocycles. The normalized spacial score (nSPS) is 14.6. The molecule has 2 nitrogen and oxygen atoms in total. The summed E-state index contributed by atoms with van der Waals surface area (Å²) < 4.78 is 5.07. The van der Waals surface area contributed by atoms with Crippen LogP contribution >= 0.6 is 11.6 Å². The van der Waals surface area contributed by atoms with Crippen LogP contribution in [0.4, 0.5) is 0 Å². The molecule has 17 heavy (non-hydrogen) atoms. The van der Waals surface area contributed by atoms with Crippen LogP contribution in [0.3, 0.4) is 0 Å². The van der Waals surface area contributed by atoms with Gasteiger partial charge in [-0.15, -0.1) is 0 Å². The van der Waals surface area contributed by atoms with Gasteiger partial charge in [-0.2, -0.15) is 0 Å². The monoisotopic (exact) mass is 256 g/mol. The predicted octanol–water partition coefficient (Wildman–Crippen LogP) is 3.16. The maximum atomic E-state index is 9.46. The van der Waals surface area contributed by atoms with Gasteiger partial charge in [0.05, 0.1) is 0 Å². The number of aliphatic hydroxyl groups is 1. The van der Waals surface area contributed by atoms with Crippen molar-refractivity contribution in [2.45, 2.75) is 19.8 Å². The fraction of sp³-hybridized carbons (Fsp3) is 0.571. The maximum Gasteiger partial charge on any atom is 0.0465 e. The van der Waals surface area contributed by atoms with Gasteiger partial charge in [0, 0.05) is 25.3 Å². The number of benzene rings is 1. The van der Waals surface area contributed by atoms with Crippen molar-refractivity contribution in [2.24, 2.45) is 11.8 Å². The fourth-order valence-electron chi connectivity index (χ4n) is 1.93. The highest BCUT2D eigenvalue weighted by Crippen LogP contribution is 2.24. The van der Waals surface area contributed by atoms with Gasteiger partial charge in [0.15, 0.2) is 0 Å². The Kier molecular flexibility index (Phi) is 6.56. The third-order valence-corrected chi connectivity index (χ3v) is 3.63. The second-order valence-corrected chi connectivity index (χ2v) is 4.90. The van der Waals surface area contributed by atoms with E-state index in [1.165, 1.54) is 0 Å². The Morgan fingerprint density at radius 2 is 2.06 bits per heavy atom. The van der Waals surface area contributed by atoms with Gasteiger partial charge in [0.25, 0.3) is 0 Å². The molecule has 0 radical (unpaired) electrons. The van der Waals surface area contributed by atoms with Crippen LogP contribution in [0.2, 0.25) is 5.02 Å². The predicted molar refractivity (Wildman–Crippen MR) is 71.4 cm³/mol. The van der Waals surface area contributed by atoms with Crippen molar-refractivity contribution in [3.63, 3.8) is 0 Å². The minimum absolute atomic E-state index is 0.191. The van der Waals surface area contributed by atoms with Crippen LogP contribution in [-0.2, 0) is 11.2 Å². The minimum Gasteiger partial charge on any atom is -0.396 e. The number of methoxy groups -OCH3 is 1. The molecule has 0 saturated heterocycles. The molecule has 0 saturated carbocycles. The van der Waals surface area contributed by atoms with Crippen LogP contribution < -0.4 is 0 Å². The Labute approximate surface area is 109 Å². The molecule has 0 aromatic heterocycles. The topological polar surface area (TPSA) is 29.5 Å². The Bertz CT molecular complexity index is 328. The summed E-state index contributed by atoms with van der Waals surface area (Å²) in [7, 11) is 1.70. The summed E-state index contributed by atoms with van der Waals surface area (Å²) in [5, 5.41) is 10.2. The molecule has 1 rings (SSSR count). The zero-order chi connectivity index (χ0) is 12.7. The van der Waals surface area contributed by atoms with Gasteiger partial charge in [-0.25, -0.2) is 0 Å². The maximum absolute atomic E-state index is 9.46. The molecule has 3 heteroatoms. The van der Waals surface area contributed by atoms with Crippen molar-refractivity contribution >= 4 is 11.6 Å².